The molecule has 13 rings (SSSR count). The van der Waals surface area contributed by atoms with Gasteiger partial charge in [-0.1, -0.05) is 127 Å². The predicted molar refractivity (Wildman–Crippen MR) is 383 cm³/mol. The zero-order valence-electron chi connectivity index (χ0n) is 50.2. The van der Waals surface area contributed by atoms with Crippen molar-refractivity contribution < 1.29 is 30.3 Å². The molecule has 10 nitrogen and oxygen atoms in total. The molecule has 19 heteroatoms. The average Bonchev–Trinajstić information content (AvgIpc) is 4.31. The van der Waals surface area contributed by atoms with Crippen molar-refractivity contribution in [3.63, 3.8) is 0 Å². The number of H-pyrrole nitrogens is 2. The largest absolute Gasteiger partial charge is 2.00 e. The quantitative estimate of drug-likeness (QED) is 0.0445. The fraction of sp³-hybridized carbons (Fsp3) is 0.125. The van der Waals surface area contributed by atoms with Gasteiger partial charge in [0.1, 0.15) is 5.40 Å². The summed E-state index contributed by atoms with van der Waals surface area (Å²) in [5.41, 5.74) is 0.839. The maximum atomic E-state index is 11.9. The Morgan fingerprint density at radius 2 is 1.04 bits per heavy atom. The Morgan fingerprint density at radius 1 is 0.582 bits per heavy atom. The minimum absolute atomic E-state index is 0. The number of halogens is 1. The molecule has 2 N–H and O–H groups in total. The third-order valence-electron chi connectivity index (χ3n) is 12.0. The number of fused-ring (bicyclic) bond motifs is 2. The summed E-state index contributed by atoms with van der Waals surface area (Å²) in [6.45, 7) is 6.03. The zero-order valence-corrected chi connectivity index (χ0v) is 60.0. The number of ketones is 1. The van der Waals surface area contributed by atoms with E-state index in [9.17, 15) is 8.63 Å². The van der Waals surface area contributed by atoms with Crippen LogP contribution in [0.5, 0.6) is 0 Å². The summed E-state index contributed by atoms with van der Waals surface area (Å²) in [7, 11) is 1.73. The van der Waals surface area contributed by atoms with Gasteiger partial charge in [-0.2, -0.15) is 41.7 Å². The van der Waals surface area contributed by atoms with Crippen LogP contribution in [0, 0.1) is 16.7 Å². The van der Waals surface area contributed by atoms with Crippen LogP contribution in [0.25, 0.3) is 0 Å². The fourth-order valence-corrected chi connectivity index (χ4v) is 13.8. The van der Waals surface area contributed by atoms with Crippen molar-refractivity contribution in [2.45, 2.75) is 101 Å². The van der Waals surface area contributed by atoms with E-state index in [0.29, 0.717) is 6.54 Å². The van der Waals surface area contributed by atoms with Crippen molar-refractivity contribution in [3.05, 3.63) is 298 Å². The van der Waals surface area contributed by atoms with Crippen LogP contribution < -0.4 is 17.0 Å². The first-order chi connectivity index (χ1) is 43.3. The Kier molecular flexibility index (Phi) is 38.8. The number of carbonyl (C=O) groups is 1. The average molecular weight is 1460 g/mol. The molecule has 0 amide bonds. The molecule has 0 saturated carbocycles. The summed E-state index contributed by atoms with van der Waals surface area (Å²) in [5.74, 6) is 1.99. The normalized spacial score (nSPS) is 10.8. The number of nitriles is 1. The van der Waals surface area contributed by atoms with Crippen molar-refractivity contribution in [2.24, 2.45) is 0 Å². The van der Waals surface area contributed by atoms with Gasteiger partial charge in [-0.3, -0.25) is 4.79 Å². The second-order valence-corrected chi connectivity index (χ2v) is 27.7. The summed E-state index contributed by atoms with van der Waals surface area (Å²) in [4.78, 5) is 26.0. The molecule has 0 fully saturated rings. The number of hydrogen-bond acceptors (Lipinski definition) is 10. The molecule has 0 bridgehead atoms. The number of aromatic nitrogens is 6. The molecule has 6 aromatic carbocycles. The molecule has 0 saturated heterocycles. The number of benzene rings is 6. The predicted octanol–water partition coefficient (Wildman–Crippen LogP) is 16.1. The number of rotatable bonds is 15. The molecule has 0 radical (unpaired) electrons. The van der Waals surface area contributed by atoms with Crippen molar-refractivity contribution >= 4 is 118 Å². The minimum atomic E-state index is -1.89. The number of Topliss-reactive ketones (excluding diaryl/α,β-unsaturated/α-hetero) is 1. The maximum absolute atomic E-state index is 11.9. The van der Waals surface area contributed by atoms with Crippen molar-refractivity contribution in [2.75, 3.05) is 13.7 Å². The summed E-state index contributed by atoms with van der Waals surface area (Å²) >= 11 is 7.96. The van der Waals surface area contributed by atoms with E-state index >= 15 is 0 Å². The van der Waals surface area contributed by atoms with E-state index in [1.54, 1.807) is 66.2 Å². The van der Waals surface area contributed by atoms with Crippen LogP contribution in [0.15, 0.2) is 341 Å². The molecule has 0 aliphatic carbocycles. The topological polar surface area (TPSA) is 118 Å². The van der Waals surface area contributed by atoms with Gasteiger partial charge in [-0.05, 0) is 110 Å². The van der Waals surface area contributed by atoms with Crippen LogP contribution in [0.2, 0.25) is 5.82 Å². The molecule has 1 atom stereocenters. The molecule has 0 spiro atoms. The third-order valence-corrected chi connectivity index (χ3v) is 19.4. The summed E-state index contributed by atoms with van der Waals surface area (Å²) < 4.78 is 24.8. The second-order valence-electron chi connectivity index (χ2n) is 18.4. The first-order valence-corrected chi connectivity index (χ1v) is 36.7. The molecule has 1 unspecified atom stereocenters. The van der Waals surface area contributed by atoms with Crippen LogP contribution in [0.1, 0.15) is 24.7 Å². The van der Waals surface area contributed by atoms with Crippen LogP contribution >= 0.6 is 70.6 Å². The molecule has 6 aromatic heterocycles. The molecule has 1 aliphatic heterocycles. The Labute approximate surface area is 593 Å². The minimum Gasteiger partial charge on any atom is -1.00 e. The van der Waals surface area contributed by atoms with Crippen molar-refractivity contribution in [1.82, 2.24) is 28.2 Å². The maximum Gasteiger partial charge on any atom is 2.00 e. The standard InChI is InChI=1S/C13H15NOSSe.C13H15NOS.C12H9NOS.C12H13NS.C10H9NS.C6H5.C5H4N2S.CH4.BrH.Mg/c1-17(15)11-10-14-9-5-8-13(14)16-12-6-3-2-4-7-12;1-15-11-10-14-9-5-8-13(14)16-12-6-3-2-4-7-12;14-10-8-13-7-3-6-12(13)15-11-5-2-1-4-9(10)11;1-2-13-10-6-9-12(13)14-11-7-4-3-5-8-11;1-2-5-9(6-3-1)12-10-7-4-8-11-10;1-2-4-6-5-3-1;6-4-8-5-2-1-3-7-5;;;/h2-9,11,17H,10H2,1H3;2-9H,10-11H2,1H3;1-7H,8H2;3-10H,2H2,1H3;1-8,11H;1-5H;1-3,7H;1H4;1H;/q;;;;;-1;;;;+2/p-1. The molecule has 12 aromatic rings. The van der Waals surface area contributed by atoms with Crippen LogP contribution in [-0.4, -0.2) is 89.1 Å². The van der Waals surface area contributed by atoms with Crippen LogP contribution in [-0.2, 0) is 34.8 Å². The first kappa shape index (κ1) is 77.1. The summed E-state index contributed by atoms with van der Waals surface area (Å²) in [6, 6.07) is 86.1. The molecule has 1 aliphatic rings. The monoisotopic (exact) mass is 1460 g/mol. The van der Waals surface area contributed by atoms with Gasteiger partial charge in [0.2, 0.25) is 0 Å². The van der Waals surface area contributed by atoms with E-state index in [1.807, 2.05) is 185 Å². The van der Waals surface area contributed by atoms with Gasteiger partial charge in [-0.25, -0.2) is 0 Å². The SMILES string of the molecule is C.CCn1cccc1Sc1ccccc1.COCCn1cccc1Sc1ccccc1.C[SeH](=O)=CCn1cccc1Sc1ccccc1.N#CSc1ccc[nH]1.O=C1Cn2cccc2Sc2ccccc21.[Br-].[Mg+2].[c-]1ccccc1.c1ccc(Sc2ccc[nH]2)cc1. The molecule has 7 heterocycles. The second kappa shape index (κ2) is 45.8. The molecular formula is C72H74BrMgN7O3S6Se. The number of aromatic amines is 2. The smallest absolute Gasteiger partial charge is 1.00 e. The number of ether oxygens (including phenoxy) is 1. The van der Waals surface area contributed by atoms with Gasteiger partial charge in [0, 0.05) is 88.1 Å². The Bertz CT molecular complexity index is 3910. The van der Waals surface area contributed by atoms with Crippen LogP contribution in [0.4, 0.5) is 0 Å². The van der Waals surface area contributed by atoms with Gasteiger partial charge in [0.15, 0.2) is 5.78 Å². The van der Waals surface area contributed by atoms with E-state index in [4.69, 9.17) is 10.00 Å². The molecular weight excluding hydrogens is 1390 g/mol. The number of thioether (sulfide) groups is 1. The third kappa shape index (κ3) is 29.0. The molecule has 466 valence electrons. The van der Waals surface area contributed by atoms with E-state index in [-0.39, 0.29) is 53.2 Å². The number of nitrogens with zero attached hydrogens (tertiary/aromatic N) is 5. The Hall–Kier alpha value is -6.34. The van der Waals surface area contributed by atoms with E-state index in [2.05, 4.69) is 158 Å². The molecule has 91 heavy (non-hydrogen) atoms. The number of carbonyl (C=O) groups excluding carboxylic acids is 1. The van der Waals surface area contributed by atoms with Gasteiger partial charge in [0.05, 0.1) is 38.3 Å². The number of nitrogens with one attached hydrogen (secondary N) is 2. The van der Waals surface area contributed by atoms with Gasteiger partial charge < -0.3 is 45.4 Å². The Morgan fingerprint density at radius 3 is 1.52 bits per heavy atom. The van der Waals surface area contributed by atoms with Crippen molar-refractivity contribution in [3.8, 4) is 5.40 Å². The fourth-order valence-electron chi connectivity index (χ4n) is 7.81. The zero-order chi connectivity index (χ0) is 61.6. The van der Waals surface area contributed by atoms with E-state index in [1.165, 1.54) is 39.7 Å². The number of hydrogen-bond donors (Lipinski definition) is 2. The number of methoxy groups -OCH3 is 1. The number of thiocyanates is 1. The van der Waals surface area contributed by atoms with Crippen LogP contribution in [0.3, 0.4) is 0 Å². The first-order valence-electron chi connectivity index (χ1n) is 28.1. The van der Waals surface area contributed by atoms with E-state index in [0.717, 1.165) is 58.5 Å². The summed E-state index contributed by atoms with van der Waals surface area (Å²) in [5, 5.41) is 17.0. The van der Waals surface area contributed by atoms with Gasteiger partial charge in [-0.15, -0.1) is 0 Å². The number of aryl methyl sites for hydroxylation is 1. The van der Waals surface area contributed by atoms with E-state index < -0.39 is 13.4 Å². The Balaban J connectivity index is 0.000000229. The van der Waals surface area contributed by atoms with Gasteiger partial charge >= 0.3 is 132 Å². The van der Waals surface area contributed by atoms with Gasteiger partial charge in [0.25, 0.3) is 0 Å². The summed E-state index contributed by atoms with van der Waals surface area (Å²) in [6.07, 6.45) is 11.9. The van der Waals surface area contributed by atoms with Crippen molar-refractivity contribution in [1.29, 1.82) is 5.26 Å².